The van der Waals surface area contributed by atoms with Crippen molar-refractivity contribution in [2.75, 3.05) is 19.4 Å². The van der Waals surface area contributed by atoms with Crippen LogP contribution in [0.4, 0.5) is 3.89 Å². The van der Waals surface area contributed by atoms with Crippen LogP contribution in [0.1, 0.15) is 24.4 Å². The van der Waals surface area contributed by atoms with Crippen molar-refractivity contribution in [3.8, 4) is 5.75 Å². The predicted octanol–water partition coefficient (Wildman–Crippen LogP) is 1.36. The summed E-state index contributed by atoms with van der Waals surface area (Å²) in [6.07, 6.45) is -0.461. The normalized spacial score (nSPS) is 19.3. The lowest BCUT2D eigenvalue weighted by Gasteiger charge is -2.27. The molecule has 0 bridgehead atoms. The first-order valence-electron chi connectivity index (χ1n) is 7.27. The van der Waals surface area contributed by atoms with Gasteiger partial charge in [0.05, 0.1) is 25.3 Å². The van der Waals surface area contributed by atoms with Gasteiger partial charge in [-0.2, -0.15) is 8.42 Å². The number of carboxylic acid groups (broad SMARTS) is 1. The first kappa shape index (κ1) is 18.2. The van der Waals surface area contributed by atoms with Crippen LogP contribution in [0.15, 0.2) is 24.3 Å². The first-order valence-corrected chi connectivity index (χ1v) is 8.82. The third-order valence-electron chi connectivity index (χ3n) is 3.90. The highest BCUT2D eigenvalue weighted by molar-refractivity contribution is 7.86. The molecule has 1 fully saturated rings. The lowest BCUT2D eigenvalue weighted by molar-refractivity contribution is -0.139. The average Bonchev–Trinajstić information content (AvgIpc) is 2.82. The number of likely N-dealkylation sites (tertiary alicyclic amines) is 1. The molecule has 2 atom stereocenters. The Kier molecular flexibility index (Phi) is 5.43. The van der Waals surface area contributed by atoms with Gasteiger partial charge in [-0.15, -0.1) is 3.89 Å². The van der Waals surface area contributed by atoms with Crippen LogP contribution >= 0.6 is 0 Å². The van der Waals surface area contributed by atoms with Crippen molar-refractivity contribution in [3.63, 3.8) is 0 Å². The molecule has 1 heterocycles. The van der Waals surface area contributed by atoms with E-state index < -0.39 is 39.8 Å². The summed E-state index contributed by atoms with van der Waals surface area (Å²) >= 11 is 0. The minimum absolute atomic E-state index is 0.00284. The fourth-order valence-electron chi connectivity index (χ4n) is 2.93. The van der Waals surface area contributed by atoms with Gasteiger partial charge < -0.3 is 14.7 Å². The Balaban J connectivity index is 2.27. The standard InChI is InChI=1S/C15H18FNO6S/c1-23-12-4-2-3-11(6-12)13(7-15(19)20)17-8-10(5-14(17)18)9-24(16,21)22/h2-4,6,10,13H,5,7-9H2,1H3,(H,19,20). The fraction of sp³-hybridized carbons (Fsp3) is 0.467. The van der Waals surface area contributed by atoms with Gasteiger partial charge in [0.1, 0.15) is 5.75 Å². The minimum Gasteiger partial charge on any atom is -0.497 e. The molecule has 1 aromatic carbocycles. The van der Waals surface area contributed by atoms with Crippen molar-refractivity contribution < 1.29 is 31.7 Å². The smallest absolute Gasteiger partial charge is 0.305 e. The molecule has 0 spiro atoms. The Labute approximate surface area is 139 Å². The van der Waals surface area contributed by atoms with Crippen LogP contribution in [0.3, 0.4) is 0 Å². The third kappa shape index (κ3) is 4.67. The molecule has 1 saturated heterocycles. The molecule has 1 N–H and O–H groups in total. The largest absolute Gasteiger partial charge is 0.497 e. The van der Waals surface area contributed by atoms with Crippen LogP contribution in [0.5, 0.6) is 5.75 Å². The number of benzene rings is 1. The summed E-state index contributed by atoms with van der Waals surface area (Å²) < 4.78 is 39.6. The van der Waals surface area contributed by atoms with Gasteiger partial charge in [0.15, 0.2) is 0 Å². The Bertz CT molecular complexity index is 735. The van der Waals surface area contributed by atoms with Crippen LogP contribution in [0, 0.1) is 5.92 Å². The Morgan fingerprint density at radius 1 is 1.50 bits per heavy atom. The number of halogens is 1. The second kappa shape index (κ2) is 7.16. The van der Waals surface area contributed by atoms with Crippen molar-refractivity contribution in [2.24, 2.45) is 5.92 Å². The van der Waals surface area contributed by atoms with E-state index in [1.54, 1.807) is 24.3 Å². The number of nitrogens with zero attached hydrogens (tertiary/aromatic N) is 1. The van der Waals surface area contributed by atoms with E-state index in [9.17, 15) is 21.9 Å². The predicted molar refractivity (Wildman–Crippen MR) is 82.7 cm³/mol. The zero-order valence-electron chi connectivity index (χ0n) is 13.0. The zero-order valence-corrected chi connectivity index (χ0v) is 13.8. The maximum absolute atomic E-state index is 12.9. The van der Waals surface area contributed by atoms with Crippen LogP contribution in [0.25, 0.3) is 0 Å². The molecular weight excluding hydrogens is 341 g/mol. The number of ether oxygens (including phenoxy) is 1. The van der Waals surface area contributed by atoms with Crippen molar-refractivity contribution in [3.05, 3.63) is 29.8 Å². The van der Waals surface area contributed by atoms with Crippen LogP contribution in [-0.2, 0) is 19.8 Å². The van der Waals surface area contributed by atoms with Gasteiger partial charge >= 0.3 is 16.2 Å². The van der Waals surface area contributed by atoms with Gasteiger partial charge in [0.2, 0.25) is 5.91 Å². The highest BCUT2D eigenvalue weighted by Gasteiger charge is 2.38. The minimum atomic E-state index is -4.69. The molecule has 132 valence electrons. The molecule has 0 radical (unpaired) electrons. The summed E-state index contributed by atoms with van der Waals surface area (Å²) in [4.78, 5) is 24.7. The maximum Gasteiger partial charge on any atom is 0.305 e. The van der Waals surface area contributed by atoms with E-state index in [0.717, 1.165) is 0 Å². The van der Waals surface area contributed by atoms with E-state index in [1.165, 1.54) is 12.0 Å². The number of methoxy groups -OCH3 is 1. The highest BCUT2D eigenvalue weighted by atomic mass is 32.3. The summed E-state index contributed by atoms with van der Waals surface area (Å²) in [6, 6.07) is 5.89. The van der Waals surface area contributed by atoms with Crippen LogP contribution in [0.2, 0.25) is 0 Å². The Hall–Kier alpha value is -2.16. The Morgan fingerprint density at radius 3 is 2.79 bits per heavy atom. The quantitative estimate of drug-likeness (QED) is 0.738. The molecular formula is C15H18FNO6S. The van der Waals surface area contributed by atoms with Gasteiger partial charge in [-0.25, -0.2) is 0 Å². The van der Waals surface area contributed by atoms with E-state index in [1.807, 2.05) is 0 Å². The molecule has 0 saturated carbocycles. The van der Waals surface area contributed by atoms with E-state index >= 15 is 0 Å². The summed E-state index contributed by atoms with van der Waals surface area (Å²) in [7, 11) is -3.23. The molecule has 7 nitrogen and oxygen atoms in total. The van der Waals surface area contributed by atoms with Crippen molar-refractivity contribution in [2.45, 2.75) is 18.9 Å². The number of carboxylic acids is 1. The van der Waals surface area contributed by atoms with E-state index in [0.29, 0.717) is 11.3 Å². The summed E-state index contributed by atoms with van der Waals surface area (Å²) in [5.41, 5.74) is 0.564. The number of aliphatic carboxylic acids is 1. The van der Waals surface area contributed by atoms with E-state index in [4.69, 9.17) is 9.84 Å². The van der Waals surface area contributed by atoms with Crippen LogP contribution in [-0.4, -0.2) is 49.7 Å². The molecule has 24 heavy (non-hydrogen) atoms. The zero-order chi connectivity index (χ0) is 17.9. The Morgan fingerprint density at radius 2 is 2.21 bits per heavy atom. The van der Waals surface area contributed by atoms with Gasteiger partial charge in [0.25, 0.3) is 0 Å². The second-order valence-electron chi connectivity index (χ2n) is 5.71. The SMILES string of the molecule is COc1cccc(C(CC(=O)O)N2CC(CS(=O)(=O)F)CC2=O)c1. The lowest BCUT2D eigenvalue weighted by Crippen LogP contribution is -2.32. The number of hydrogen-bond donors (Lipinski definition) is 1. The number of carbonyl (C=O) groups excluding carboxylic acids is 1. The number of carbonyl (C=O) groups is 2. The molecule has 1 amide bonds. The van der Waals surface area contributed by atoms with Crippen molar-refractivity contribution >= 4 is 22.1 Å². The molecule has 1 aliphatic rings. The summed E-state index contributed by atoms with van der Waals surface area (Å²) in [5, 5.41) is 9.15. The molecule has 2 unspecified atom stereocenters. The van der Waals surface area contributed by atoms with Crippen LogP contribution < -0.4 is 4.74 Å². The van der Waals surface area contributed by atoms with E-state index in [-0.39, 0.29) is 19.4 Å². The van der Waals surface area contributed by atoms with E-state index in [2.05, 4.69) is 0 Å². The summed E-state index contributed by atoms with van der Waals surface area (Å²) in [6.45, 7) is -0.00284. The molecule has 1 aliphatic heterocycles. The van der Waals surface area contributed by atoms with Crippen molar-refractivity contribution in [1.82, 2.24) is 4.90 Å². The van der Waals surface area contributed by atoms with Gasteiger partial charge in [-0.3, -0.25) is 9.59 Å². The average molecular weight is 359 g/mol. The second-order valence-corrected chi connectivity index (χ2v) is 7.12. The highest BCUT2D eigenvalue weighted by Crippen LogP contribution is 2.33. The lowest BCUT2D eigenvalue weighted by atomic mass is 10.0. The van der Waals surface area contributed by atoms with Gasteiger partial charge in [0, 0.05) is 18.9 Å². The molecule has 9 heteroatoms. The number of amides is 1. The number of rotatable bonds is 7. The molecule has 2 rings (SSSR count). The number of hydrogen-bond acceptors (Lipinski definition) is 5. The summed E-state index contributed by atoms with van der Waals surface area (Å²) in [5.74, 6) is -2.41. The molecule has 0 aromatic heterocycles. The fourth-order valence-corrected chi connectivity index (χ4v) is 3.71. The topological polar surface area (TPSA) is 101 Å². The molecule has 0 aliphatic carbocycles. The van der Waals surface area contributed by atoms with Gasteiger partial charge in [-0.05, 0) is 17.7 Å². The maximum atomic E-state index is 12.9. The third-order valence-corrected chi connectivity index (χ3v) is 4.77. The van der Waals surface area contributed by atoms with Gasteiger partial charge in [-0.1, -0.05) is 12.1 Å². The first-order chi connectivity index (χ1) is 11.2. The van der Waals surface area contributed by atoms with Crippen molar-refractivity contribution in [1.29, 1.82) is 0 Å². The monoisotopic (exact) mass is 359 g/mol. The molecule has 1 aromatic rings.